The number of rotatable bonds is 5. The second kappa shape index (κ2) is 5.00. The van der Waals surface area contributed by atoms with Crippen molar-refractivity contribution >= 4 is 0 Å². The molecule has 2 N–H and O–H groups in total. The minimum absolute atomic E-state index is 0.0523. The molecule has 2 rings (SSSR count). The van der Waals surface area contributed by atoms with Gasteiger partial charge in [0, 0.05) is 0 Å². The SMILES string of the molecule is CCCC(N)c1cn(Cc2nnn(C)n2)nn1. The topological polar surface area (TPSA) is 100 Å². The molecule has 17 heavy (non-hydrogen) atoms. The maximum absolute atomic E-state index is 5.95. The van der Waals surface area contributed by atoms with E-state index in [9.17, 15) is 0 Å². The van der Waals surface area contributed by atoms with E-state index in [0.717, 1.165) is 18.5 Å². The number of nitrogens with zero attached hydrogens (tertiary/aromatic N) is 7. The van der Waals surface area contributed by atoms with E-state index < -0.39 is 0 Å². The number of nitrogens with two attached hydrogens (primary N) is 1. The molecule has 0 saturated heterocycles. The summed E-state index contributed by atoms with van der Waals surface area (Å²) in [4.78, 5) is 1.41. The smallest absolute Gasteiger partial charge is 0.196 e. The predicted molar refractivity (Wildman–Crippen MR) is 59.8 cm³/mol. The van der Waals surface area contributed by atoms with Crippen molar-refractivity contribution in [3.05, 3.63) is 17.7 Å². The molecular formula is C9H16N8. The first-order valence-corrected chi connectivity index (χ1v) is 5.57. The summed E-state index contributed by atoms with van der Waals surface area (Å²) in [6.07, 6.45) is 3.76. The van der Waals surface area contributed by atoms with Crippen LogP contribution >= 0.6 is 0 Å². The molecule has 1 atom stereocenters. The van der Waals surface area contributed by atoms with E-state index in [-0.39, 0.29) is 6.04 Å². The second-order valence-corrected chi connectivity index (χ2v) is 3.93. The Labute approximate surface area is 98.8 Å². The quantitative estimate of drug-likeness (QED) is 0.761. The van der Waals surface area contributed by atoms with Gasteiger partial charge < -0.3 is 5.73 Å². The van der Waals surface area contributed by atoms with Gasteiger partial charge in [-0.25, -0.2) is 4.68 Å². The highest BCUT2D eigenvalue weighted by atomic mass is 15.6. The van der Waals surface area contributed by atoms with Crippen LogP contribution in [0.4, 0.5) is 0 Å². The van der Waals surface area contributed by atoms with Gasteiger partial charge in [0.1, 0.15) is 6.54 Å². The van der Waals surface area contributed by atoms with Gasteiger partial charge in [-0.1, -0.05) is 18.6 Å². The fourth-order valence-corrected chi connectivity index (χ4v) is 1.55. The Balaban J connectivity index is 2.03. The summed E-state index contributed by atoms with van der Waals surface area (Å²) >= 11 is 0. The summed E-state index contributed by atoms with van der Waals surface area (Å²) in [6, 6.07) is -0.0523. The standard InChI is InChI=1S/C9H16N8/c1-3-4-7(10)8-5-17(15-11-8)6-9-12-14-16(2)13-9/h5,7H,3-4,6,10H2,1-2H3. The lowest BCUT2D eigenvalue weighted by molar-refractivity contribution is 0.605. The molecule has 0 spiro atoms. The maximum Gasteiger partial charge on any atom is 0.196 e. The molecule has 8 nitrogen and oxygen atoms in total. The molecule has 0 aliphatic carbocycles. The summed E-state index contributed by atoms with van der Waals surface area (Å²) in [5, 5.41) is 19.7. The average molecular weight is 236 g/mol. The van der Waals surface area contributed by atoms with E-state index in [1.807, 2.05) is 6.20 Å². The third-order valence-corrected chi connectivity index (χ3v) is 2.39. The monoisotopic (exact) mass is 236 g/mol. The Morgan fingerprint density at radius 1 is 1.35 bits per heavy atom. The molecule has 0 saturated carbocycles. The average Bonchev–Trinajstić information content (AvgIpc) is 2.89. The maximum atomic E-state index is 5.95. The van der Waals surface area contributed by atoms with Crippen LogP contribution < -0.4 is 5.73 Å². The van der Waals surface area contributed by atoms with Crippen molar-refractivity contribution in [2.75, 3.05) is 0 Å². The van der Waals surface area contributed by atoms with Gasteiger partial charge in [-0.3, -0.25) is 0 Å². The summed E-state index contributed by atoms with van der Waals surface area (Å²) in [6.45, 7) is 2.55. The normalized spacial score (nSPS) is 12.9. The van der Waals surface area contributed by atoms with Crippen molar-refractivity contribution in [1.82, 2.24) is 35.2 Å². The van der Waals surface area contributed by atoms with Crippen LogP contribution in [0.3, 0.4) is 0 Å². The number of aromatic nitrogens is 7. The third-order valence-electron chi connectivity index (χ3n) is 2.39. The first kappa shape index (κ1) is 11.6. The Hall–Kier alpha value is -1.83. The van der Waals surface area contributed by atoms with Gasteiger partial charge >= 0.3 is 0 Å². The molecule has 0 aliphatic heterocycles. The lowest BCUT2D eigenvalue weighted by Gasteiger charge is -2.04. The van der Waals surface area contributed by atoms with Crippen LogP contribution in [0.2, 0.25) is 0 Å². The van der Waals surface area contributed by atoms with Crippen LogP contribution in [-0.4, -0.2) is 35.2 Å². The molecule has 0 aromatic carbocycles. The molecule has 2 aromatic heterocycles. The summed E-state index contributed by atoms with van der Waals surface area (Å²) in [5.74, 6) is 0.605. The van der Waals surface area contributed by atoms with Crippen molar-refractivity contribution in [3.63, 3.8) is 0 Å². The largest absolute Gasteiger partial charge is 0.323 e. The summed E-state index contributed by atoms with van der Waals surface area (Å²) < 4.78 is 1.67. The van der Waals surface area contributed by atoms with Gasteiger partial charge in [-0.15, -0.1) is 15.3 Å². The molecule has 2 heterocycles. The summed E-state index contributed by atoms with van der Waals surface area (Å²) in [7, 11) is 1.72. The van der Waals surface area contributed by atoms with Gasteiger partial charge in [0.2, 0.25) is 0 Å². The van der Waals surface area contributed by atoms with E-state index in [0.29, 0.717) is 12.4 Å². The predicted octanol–water partition coefficient (Wildman–Crippen LogP) is -0.350. The van der Waals surface area contributed by atoms with Gasteiger partial charge in [0.05, 0.1) is 25.0 Å². The van der Waals surface area contributed by atoms with Crippen LogP contribution in [0.15, 0.2) is 6.20 Å². The Kier molecular flexibility index (Phi) is 3.43. The Morgan fingerprint density at radius 3 is 2.82 bits per heavy atom. The van der Waals surface area contributed by atoms with Crippen molar-refractivity contribution in [1.29, 1.82) is 0 Å². The minimum Gasteiger partial charge on any atom is -0.323 e. The highest BCUT2D eigenvalue weighted by Crippen LogP contribution is 2.11. The highest BCUT2D eigenvalue weighted by molar-refractivity contribution is 5.00. The molecule has 8 heteroatoms. The van der Waals surface area contributed by atoms with Crippen molar-refractivity contribution in [2.24, 2.45) is 12.8 Å². The fraction of sp³-hybridized carbons (Fsp3) is 0.667. The van der Waals surface area contributed by atoms with Gasteiger partial charge in [0.15, 0.2) is 5.82 Å². The van der Waals surface area contributed by atoms with Crippen LogP contribution in [0.25, 0.3) is 0 Å². The molecule has 0 bridgehead atoms. The number of hydrogen-bond donors (Lipinski definition) is 1. The van der Waals surface area contributed by atoms with E-state index in [1.54, 1.807) is 11.7 Å². The van der Waals surface area contributed by atoms with Crippen LogP contribution in [-0.2, 0) is 13.6 Å². The zero-order chi connectivity index (χ0) is 12.3. The lowest BCUT2D eigenvalue weighted by atomic mass is 10.1. The zero-order valence-corrected chi connectivity index (χ0v) is 9.98. The number of aryl methyl sites for hydroxylation is 1. The second-order valence-electron chi connectivity index (χ2n) is 3.93. The van der Waals surface area contributed by atoms with E-state index in [4.69, 9.17) is 5.73 Å². The van der Waals surface area contributed by atoms with Gasteiger partial charge in [0.25, 0.3) is 0 Å². The van der Waals surface area contributed by atoms with E-state index in [2.05, 4.69) is 32.6 Å². The molecule has 0 fully saturated rings. The van der Waals surface area contributed by atoms with Gasteiger partial charge in [-0.2, -0.15) is 4.80 Å². The molecule has 0 aliphatic rings. The van der Waals surface area contributed by atoms with Gasteiger partial charge in [-0.05, 0) is 11.6 Å². The third kappa shape index (κ3) is 2.84. The highest BCUT2D eigenvalue weighted by Gasteiger charge is 2.10. The summed E-state index contributed by atoms with van der Waals surface area (Å²) in [5.41, 5.74) is 6.75. The van der Waals surface area contributed by atoms with Crippen LogP contribution in [0, 0.1) is 0 Å². The fourth-order valence-electron chi connectivity index (χ4n) is 1.55. The molecule has 92 valence electrons. The number of hydrogen-bond acceptors (Lipinski definition) is 6. The van der Waals surface area contributed by atoms with Crippen LogP contribution in [0.5, 0.6) is 0 Å². The van der Waals surface area contributed by atoms with E-state index >= 15 is 0 Å². The van der Waals surface area contributed by atoms with E-state index in [1.165, 1.54) is 4.80 Å². The Morgan fingerprint density at radius 2 is 2.18 bits per heavy atom. The molecule has 0 radical (unpaired) electrons. The van der Waals surface area contributed by atoms with Crippen molar-refractivity contribution in [2.45, 2.75) is 32.4 Å². The molecular weight excluding hydrogens is 220 g/mol. The van der Waals surface area contributed by atoms with Crippen LogP contribution in [0.1, 0.15) is 37.3 Å². The molecule has 2 aromatic rings. The van der Waals surface area contributed by atoms with Crippen molar-refractivity contribution in [3.8, 4) is 0 Å². The molecule has 0 amide bonds. The molecule has 1 unspecified atom stereocenters. The number of tetrazole rings is 1. The van der Waals surface area contributed by atoms with Crippen molar-refractivity contribution < 1.29 is 0 Å². The zero-order valence-electron chi connectivity index (χ0n) is 9.98. The lowest BCUT2D eigenvalue weighted by Crippen LogP contribution is -2.10. The first-order chi connectivity index (χ1) is 8.19. The first-order valence-electron chi connectivity index (χ1n) is 5.57. The Bertz CT molecular complexity index is 473. The minimum atomic E-state index is -0.0523.